The number of imide groups is 1. The number of hydrogen-bond acceptors (Lipinski definition) is 6. The van der Waals surface area contributed by atoms with Gasteiger partial charge in [0.2, 0.25) is 10.0 Å². The Balaban J connectivity index is 1.80. The molecule has 0 spiro atoms. The maximum Gasteiger partial charge on any atom is 0.338 e. The molecule has 156 valence electrons. The number of ether oxygens (including phenoxy) is 1. The summed E-state index contributed by atoms with van der Waals surface area (Å²) in [6.07, 6.45) is 5.01. The predicted molar refractivity (Wildman–Crippen MR) is 108 cm³/mol. The first-order valence-corrected chi connectivity index (χ1v) is 10.1. The first-order chi connectivity index (χ1) is 14.3. The van der Waals surface area contributed by atoms with E-state index in [1.165, 1.54) is 24.3 Å². The van der Waals surface area contributed by atoms with Gasteiger partial charge in [0, 0.05) is 6.54 Å². The Kier molecular flexibility index (Phi) is 8.10. The molecule has 2 aromatic carbocycles. The lowest BCUT2D eigenvalue weighted by Gasteiger charge is -2.08. The topological polar surface area (TPSA) is 131 Å². The Morgan fingerprint density at radius 2 is 1.67 bits per heavy atom. The van der Waals surface area contributed by atoms with Gasteiger partial charge in [-0.2, -0.15) is 4.72 Å². The molecule has 0 bridgehead atoms. The van der Waals surface area contributed by atoms with Crippen molar-refractivity contribution in [3.05, 3.63) is 65.7 Å². The van der Waals surface area contributed by atoms with Gasteiger partial charge >= 0.3 is 12.0 Å². The van der Waals surface area contributed by atoms with Crippen LogP contribution in [0.3, 0.4) is 0 Å². The minimum absolute atomic E-state index is 0.0345. The quantitative estimate of drug-likeness (QED) is 0.420. The van der Waals surface area contributed by atoms with Gasteiger partial charge in [0.15, 0.2) is 6.61 Å². The molecule has 0 aliphatic heterocycles. The van der Waals surface area contributed by atoms with Crippen molar-refractivity contribution in [1.29, 1.82) is 0 Å². The summed E-state index contributed by atoms with van der Waals surface area (Å²) >= 11 is 0. The van der Waals surface area contributed by atoms with Crippen LogP contribution in [0.4, 0.5) is 4.79 Å². The largest absolute Gasteiger partial charge is 0.452 e. The average Bonchev–Trinajstić information content (AvgIpc) is 2.75. The number of benzene rings is 2. The molecule has 0 heterocycles. The normalized spacial score (nSPS) is 10.5. The maximum atomic E-state index is 12.0. The van der Waals surface area contributed by atoms with Gasteiger partial charge in [-0.1, -0.05) is 36.3 Å². The summed E-state index contributed by atoms with van der Waals surface area (Å²) in [4.78, 5) is 35.3. The van der Waals surface area contributed by atoms with Crippen LogP contribution < -0.4 is 15.4 Å². The van der Waals surface area contributed by atoms with E-state index in [0.29, 0.717) is 0 Å². The highest BCUT2D eigenvalue weighted by Crippen LogP contribution is 2.11. The molecule has 0 saturated heterocycles. The van der Waals surface area contributed by atoms with E-state index in [4.69, 9.17) is 11.2 Å². The number of carbonyl (C=O) groups excluding carboxylic acids is 3. The monoisotopic (exact) mass is 429 g/mol. The summed E-state index contributed by atoms with van der Waals surface area (Å²) in [5, 5.41) is 4.53. The van der Waals surface area contributed by atoms with E-state index < -0.39 is 34.5 Å². The first-order valence-electron chi connectivity index (χ1n) is 8.64. The summed E-state index contributed by atoms with van der Waals surface area (Å²) < 4.78 is 30.8. The lowest BCUT2D eigenvalue weighted by atomic mass is 10.2. The Morgan fingerprint density at radius 1 is 1.00 bits per heavy atom. The molecule has 0 aromatic heterocycles. The van der Waals surface area contributed by atoms with Crippen LogP contribution in [-0.2, 0) is 26.1 Å². The fraction of sp³-hybridized carbons (Fsp3) is 0.150. The van der Waals surface area contributed by atoms with Crippen LogP contribution in [0.1, 0.15) is 15.9 Å². The Bertz CT molecular complexity index is 1040. The molecule has 30 heavy (non-hydrogen) atoms. The number of sulfonamides is 1. The van der Waals surface area contributed by atoms with Crippen molar-refractivity contribution >= 4 is 27.9 Å². The Hall–Kier alpha value is -3.68. The van der Waals surface area contributed by atoms with Crippen molar-refractivity contribution in [1.82, 2.24) is 15.4 Å². The molecule has 0 radical (unpaired) electrons. The first kappa shape index (κ1) is 22.6. The number of urea groups is 1. The number of nitrogens with one attached hydrogen (secondary N) is 3. The maximum absolute atomic E-state index is 12.0. The van der Waals surface area contributed by atoms with E-state index in [9.17, 15) is 22.8 Å². The van der Waals surface area contributed by atoms with Gasteiger partial charge in [-0.3, -0.25) is 10.1 Å². The molecule has 9 nitrogen and oxygen atoms in total. The smallest absolute Gasteiger partial charge is 0.338 e. The zero-order chi connectivity index (χ0) is 22.0. The standard InChI is InChI=1S/C20H19N3O6S/c1-2-12-22-30(27,28)17-10-8-16(9-11-17)19(25)29-14-18(24)23-20(26)21-13-15-6-4-3-5-7-15/h1,3-11,22H,12-14H2,(H2,21,23,24,26). The van der Waals surface area contributed by atoms with Crippen molar-refractivity contribution in [2.24, 2.45) is 0 Å². The summed E-state index contributed by atoms with van der Waals surface area (Å²) in [5.74, 6) is 0.485. The molecule has 3 amide bonds. The SMILES string of the molecule is C#CCNS(=O)(=O)c1ccc(C(=O)OCC(=O)NC(=O)NCc2ccccc2)cc1. The molecule has 0 saturated carbocycles. The molecule has 0 unspecified atom stereocenters. The minimum Gasteiger partial charge on any atom is -0.452 e. The van der Waals surface area contributed by atoms with E-state index in [-0.39, 0.29) is 23.5 Å². The molecule has 0 aliphatic carbocycles. The van der Waals surface area contributed by atoms with E-state index in [1.54, 1.807) is 0 Å². The molecule has 0 atom stereocenters. The number of hydrogen-bond donors (Lipinski definition) is 3. The highest BCUT2D eigenvalue weighted by molar-refractivity contribution is 7.89. The van der Waals surface area contributed by atoms with Crippen molar-refractivity contribution in [3.63, 3.8) is 0 Å². The van der Waals surface area contributed by atoms with E-state index in [1.807, 2.05) is 35.6 Å². The second-order valence-electron chi connectivity index (χ2n) is 5.85. The third-order valence-corrected chi connectivity index (χ3v) is 5.06. The summed E-state index contributed by atoms with van der Waals surface area (Å²) in [6.45, 7) is -0.618. The van der Waals surface area contributed by atoms with Crippen LogP contribution in [-0.4, -0.2) is 39.5 Å². The Labute approximate surface area is 173 Å². The minimum atomic E-state index is -3.78. The van der Waals surface area contributed by atoms with Gasteiger partial charge in [-0.05, 0) is 29.8 Å². The van der Waals surface area contributed by atoms with Crippen LogP contribution in [0.2, 0.25) is 0 Å². The lowest BCUT2D eigenvalue weighted by molar-refractivity contribution is -0.123. The Morgan fingerprint density at radius 3 is 2.30 bits per heavy atom. The second-order valence-corrected chi connectivity index (χ2v) is 7.61. The number of terminal acetylenes is 1. The number of rotatable bonds is 8. The fourth-order valence-corrected chi connectivity index (χ4v) is 3.12. The van der Waals surface area contributed by atoms with Crippen molar-refractivity contribution in [3.8, 4) is 12.3 Å². The van der Waals surface area contributed by atoms with Gasteiger partial charge in [0.1, 0.15) is 0 Å². The fourth-order valence-electron chi connectivity index (χ4n) is 2.19. The van der Waals surface area contributed by atoms with Crippen molar-refractivity contribution in [2.75, 3.05) is 13.2 Å². The zero-order valence-electron chi connectivity index (χ0n) is 15.8. The molecule has 2 rings (SSSR count). The van der Waals surface area contributed by atoms with Crippen molar-refractivity contribution < 1.29 is 27.5 Å². The predicted octanol–water partition coefficient (Wildman–Crippen LogP) is 0.781. The van der Waals surface area contributed by atoms with E-state index >= 15 is 0 Å². The summed E-state index contributed by atoms with van der Waals surface area (Å²) in [6, 6.07) is 13.2. The molecule has 0 fully saturated rings. The third-order valence-electron chi connectivity index (χ3n) is 3.65. The molecule has 3 N–H and O–H groups in total. The van der Waals surface area contributed by atoms with Gasteiger partial charge in [-0.15, -0.1) is 6.42 Å². The highest BCUT2D eigenvalue weighted by Gasteiger charge is 2.16. The molecule has 10 heteroatoms. The number of amides is 3. The average molecular weight is 429 g/mol. The van der Waals surface area contributed by atoms with Gasteiger partial charge in [-0.25, -0.2) is 18.0 Å². The molecule has 0 aliphatic rings. The zero-order valence-corrected chi connectivity index (χ0v) is 16.6. The number of esters is 1. The highest BCUT2D eigenvalue weighted by atomic mass is 32.2. The van der Waals surface area contributed by atoms with Crippen molar-refractivity contribution in [2.45, 2.75) is 11.4 Å². The van der Waals surface area contributed by atoms with E-state index in [2.05, 4.69) is 16.0 Å². The molecular formula is C20H19N3O6S. The van der Waals surface area contributed by atoms with Gasteiger partial charge in [0.25, 0.3) is 5.91 Å². The van der Waals surface area contributed by atoms with Crippen LogP contribution in [0.15, 0.2) is 59.5 Å². The van der Waals surface area contributed by atoms with Crippen LogP contribution in [0.25, 0.3) is 0 Å². The molecular weight excluding hydrogens is 410 g/mol. The number of carbonyl (C=O) groups is 3. The van der Waals surface area contributed by atoms with E-state index in [0.717, 1.165) is 5.56 Å². The second kappa shape index (κ2) is 10.8. The van der Waals surface area contributed by atoms with Gasteiger partial charge < -0.3 is 10.1 Å². The van der Waals surface area contributed by atoms with Crippen LogP contribution >= 0.6 is 0 Å². The van der Waals surface area contributed by atoms with Gasteiger partial charge in [0.05, 0.1) is 17.0 Å². The summed E-state index contributed by atoms with van der Waals surface area (Å²) in [7, 11) is -3.78. The molecule has 2 aromatic rings. The third kappa shape index (κ3) is 7.05. The van der Waals surface area contributed by atoms with Crippen LogP contribution in [0, 0.1) is 12.3 Å². The lowest BCUT2D eigenvalue weighted by Crippen LogP contribution is -2.41. The summed E-state index contributed by atoms with van der Waals surface area (Å²) in [5.41, 5.74) is 0.888. The van der Waals surface area contributed by atoms with Crippen LogP contribution in [0.5, 0.6) is 0 Å².